The molecule has 0 spiro atoms. The van der Waals surface area contributed by atoms with Gasteiger partial charge in [0.1, 0.15) is 5.75 Å². The van der Waals surface area contributed by atoms with Crippen LogP contribution in [0.3, 0.4) is 0 Å². The summed E-state index contributed by atoms with van der Waals surface area (Å²) in [7, 11) is 0. The molecular formula is C22H24N2O5. The van der Waals surface area contributed by atoms with Crippen LogP contribution in [0.15, 0.2) is 42.5 Å². The number of rotatable bonds is 8. The van der Waals surface area contributed by atoms with Crippen LogP contribution in [0.5, 0.6) is 17.2 Å². The van der Waals surface area contributed by atoms with E-state index in [0.29, 0.717) is 30.3 Å². The predicted molar refractivity (Wildman–Crippen MR) is 107 cm³/mol. The number of amides is 2. The summed E-state index contributed by atoms with van der Waals surface area (Å²) < 4.78 is 16.3. The molecule has 2 aliphatic heterocycles. The monoisotopic (exact) mass is 396 g/mol. The second-order valence-corrected chi connectivity index (χ2v) is 7.09. The summed E-state index contributed by atoms with van der Waals surface area (Å²) in [5.41, 5.74) is 1.52. The first-order valence-corrected chi connectivity index (χ1v) is 9.87. The first-order valence-electron chi connectivity index (χ1n) is 9.87. The lowest BCUT2D eigenvalue weighted by molar-refractivity contribution is -0.121. The zero-order valence-electron chi connectivity index (χ0n) is 16.3. The Hall–Kier alpha value is -3.06. The van der Waals surface area contributed by atoms with Crippen LogP contribution in [0, 0.1) is 0 Å². The molecule has 0 aliphatic carbocycles. The van der Waals surface area contributed by atoms with Crippen molar-refractivity contribution in [2.75, 3.05) is 18.3 Å². The molecule has 1 saturated heterocycles. The highest BCUT2D eigenvalue weighted by Gasteiger charge is 2.39. The molecular weight excluding hydrogens is 372 g/mol. The standard InChI is InChI=1S/C22H24N2O5/c1-2-3-10-27-17-7-5-16(6-8-17)24-21(25)12-18(22(24)26)23-13-15-4-9-19-20(11-15)29-14-28-19/h4-9,11,18,23H,2-3,10,12-14H2,1H3. The average molecular weight is 396 g/mol. The minimum Gasteiger partial charge on any atom is -0.494 e. The van der Waals surface area contributed by atoms with E-state index in [-0.39, 0.29) is 25.0 Å². The highest BCUT2D eigenvalue weighted by molar-refractivity contribution is 6.22. The van der Waals surface area contributed by atoms with Crippen molar-refractivity contribution < 1.29 is 23.8 Å². The van der Waals surface area contributed by atoms with Crippen LogP contribution >= 0.6 is 0 Å². The normalized spacial score (nSPS) is 17.8. The van der Waals surface area contributed by atoms with Crippen molar-refractivity contribution >= 4 is 17.5 Å². The first-order chi connectivity index (χ1) is 14.2. The zero-order valence-corrected chi connectivity index (χ0v) is 16.3. The lowest BCUT2D eigenvalue weighted by atomic mass is 10.1. The Balaban J connectivity index is 1.37. The second-order valence-electron chi connectivity index (χ2n) is 7.09. The SMILES string of the molecule is CCCCOc1ccc(N2C(=O)CC(NCc3ccc4c(c3)OCO4)C2=O)cc1. The van der Waals surface area contributed by atoms with Crippen molar-refractivity contribution in [1.29, 1.82) is 0 Å². The molecule has 1 N–H and O–H groups in total. The third-order valence-electron chi connectivity index (χ3n) is 5.00. The lowest BCUT2D eigenvalue weighted by Gasteiger charge is -2.16. The van der Waals surface area contributed by atoms with Crippen molar-refractivity contribution in [3.05, 3.63) is 48.0 Å². The summed E-state index contributed by atoms with van der Waals surface area (Å²) in [5, 5.41) is 3.18. The maximum atomic E-state index is 12.8. The number of imide groups is 1. The van der Waals surface area contributed by atoms with E-state index in [9.17, 15) is 9.59 Å². The van der Waals surface area contributed by atoms with E-state index < -0.39 is 6.04 Å². The Bertz CT molecular complexity index is 897. The van der Waals surface area contributed by atoms with Gasteiger partial charge in [-0.2, -0.15) is 0 Å². The summed E-state index contributed by atoms with van der Waals surface area (Å²) in [6.45, 7) is 3.44. The van der Waals surface area contributed by atoms with E-state index in [1.165, 1.54) is 4.90 Å². The van der Waals surface area contributed by atoms with Gasteiger partial charge in [0.25, 0.3) is 5.91 Å². The summed E-state index contributed by atoms with van der Waals surface area (Å²) >= 11 is 0. The molecule has 1 atom stereocenters. The first kappa shape index (κ1) is 19.3. The van der Waals surface area contributed by atoms with Crippen LogP contribution in [-0.2, 0) is 16.1 Å². The molecule has 2 aromatic carbocycles. The van der Waals surface area contributed by atoms with E-state index in [0.717, 1.165) is 24.2 Å². The Morgan fingerprint density at radius 1 is 1.10 bits per heavy atom. The molecule has 0 radical (unpaired) electrons. The largest absolute Gasteiger partial charge is 0.494 e. The van der Waals surface area contributed by atoms with Crippen molar-refractivity contribution in [3.63, 3.8) is 0 Å². The Kier molecular flexibility index (Phi) is 5.67. The van der Waals surface area contributed by atoms with Gasteiger partial charge >= 0.3 is 0 Å². The van der Waals surface area contributed by atoms with E-state index in [1.807, 2.05) is 18.2 Å². The molecule has 1 unspecified atom stereocenters. The number of nitrogens with zero attached hydrogens (tertiary/aromatic N) is 1. The Labute approximate surface area is 169 Å². The summed E-state index contributed by atoms with van der Waals surface area (Å²) in [4.78, 5) is 26.5. The Morgan fingerprint density at radius 3 is 2.69 bits per heavy atom. The molecule has 152 valence electrons. The lowest BCUT2D eigenvalue weighted by Crippen LogP contribution is -2.38. The maximum Gasteiger partial charge on any atom is 0.251 e. The molecule has 0 saturated carbocycles. The average Bonchev–Trinajstić information content (AvgIpc) is 3.31. The zero-order chi connectivity index (χ0) is 20.2. The summed E-state index contributed by atoms with van der Waals surface area (Å²) in [6, 6.07) is 12.2. The van der Waals surface area contributed by atoms with E-state index in [2.05, 4.69) is 12.2 Å². The highest BCUT2D eigenvalue weighted by Crippen LogP contribution is 2.32. The molecule has 7 nitrogen and oxygen atoms in total. The highest BCUT2D eigenvalue weighted by atomic mass is 16.7. The van der Waals surface area contributed by atoms with E-state index >= 15 is 0 Å². The fourth-order valence-electron chi connectivity index (χ4n) is 3.38. The topological polar surface area (TPSA) is 77.1 Å². The number of anilines is 1. The minimum atomic E-state index is -0.548. The fraction of sp³-hybridized carbons (Fsp3) is 0.364. The molecule has 2 amide bonds. The van der Waals surface area contributed by atoms with Gasteiger partial charge in [0.05, 0.1) is 24.8 Å². The van der Waals surface area contributed by atoms with Gasteiger partial charge in [0.2, 0.25) is 12.7 Å². The summed E-state index contributed by atoms with van der Waals surface area (Å²) in [6.07, 6.45) is 2.19. The molecule has 1 fully saturated rings. The third-order valence-corrected chi connectivity index (χ3v) is 5.00. The number of hydrogen-bond acceptors (Lipinski definition) is 6. The minimum absolute atomic E-state index is 0.137. The summed E-state index contributed by atoms with van der Waals surface area (Å²) in [5.74, 6) is 1.70. The van der Waals surface area contributed by atoms with Crippen LogP contribution in [0.4, 0.5) is 5.69 Å². The van der Waals surface area contributed by atoms with Crippen LogP contribution in [0.2, 0.25) is 0 Å². The van der Waals surface area contributed by atoms with Crippen molar-refractivity contribution in [1.82, 2.24) is 5.32 Å². The third kappa shape index (κ3) is 4.19. The Morgan fingerprint density at radius 2 is 1.90 bits per heavy atom. The predicted octanol–water partition coefficient (Wildman–Crippen LogP) is 3.02. The van der Waals surface area contributed by atoms with Gasteiger partial charge in [-0.1, -0.05) is 19.4 Å². The van der Waals surface area contributed by atoms with E-state index in [4.69, 9.17) is 14.2 Å². The van der Waals surface area contributed by atoms with Crippen LogP contribution in [0.25, 0.3) is 0 Å². The molecule has 0 bridgehead atoms. The molecule has 4 rings (SSSR count). The van der Waals surface area contributed by atoms with Gasteiger partial charge in [-0.15, -0.1) is 0 Å². The molecule has 2 aliphatic rings. The van der Waals surface area contributed by atoms with Crippen molar-refractivity contribution in [2.45, 2.75) is 38.8 Å². The molecule has 2 heterocycles. The van der Waals surface area contributed by atoms with Gasteiger partial charge in [-0.25, -0.2) is 4.90 Å². The van der Waals surface area contributed by atoms with Crippen LogP contribution in [0.1, 0.15) is 31.7 Å². The van der Waals surface area contributed by atoms with Gasteiger partial charge in [-0.05, 0) is 48.4 Å². The quantitative estimate of drug-likeness (QED) is 0.546. The van der Waals surface area contributed by atoms with Crippen LogP contribution in [-0.4, -0.2) is 31.3 Å². The number of nitrogens with one attached hydrogen (secondary N) is 1. The molecule has 2 aromatic rings. The van der Waals surface area contributed by atoms with E-state index in [1.54, 1.807) is 24.3 Å². The number of hydrogen-bond donors (Lipinski definition) is 1. The number of ether oxygens (including phenoxy) is 3. The van der Waals surface area contributed by atoms with Crippen molar-refractivity contribution in [3.8, 4) is 17.2 Å². The van der Waals surface area contributed by atoms with Gasteiger partial charge in [-0.3, -0.25) is 9.59 Å². The number of carbonyl (C=O) groups excluding carboxylic acids is 2. The van der Waals surface area contributed by atoms with Crippen LogP contribution < -0.4 is 24.4 Å². The number of benzene rings is 2. The molecule has 7 heteroatoms. The number of carbonyl (C=O) groups is 2. The fourth-order valence-corrected chi connectivity index (χ4v) is 3.38. The smallest absolute Gasteiger partial charge is 0.251 e. The maximum absolute atomic E-state index is 12.8. The molecule has 0 aromatic heterocycles. The van der Waals surface area contributed by atoms with Gasteiger partial charge in [0, 0.05) is 6.54 Å². The second kappa shape index (κ2) is 8.53. The number of unbranched alkanes of at least 4 members (excludes halogenated alkanes) is 1. The van der Waals surface area contributed by atoms with Gasteiger partial charge < -0.3 is 19.5 Å². The number of fused-ring (bicyclic) bond motifs is 1. The molecule has 29 heavy (non-hydrogen) atoms. The van der Waals surface area contributed by atoms with Crippen molar-refractivity contribution in [2.24, 2.45) is 0 Å². The van der Waals surface area contributed by atoms with Gasteiger partial charge in [0.15, 0.2) is 11.5 Å².